The van der Waals surface area contributed by atoms with Gasteiger partial charge in [-0.05, 0) is 27.8 Å². The molecule has 0 amide bonds. The van der Waals surface area contributed by atoms with Gasteiger partial charge in [0.15, 0.2) is 0 Å². The second kappa shape index (κ2) is 4.98. The van der Waals surface area contributed by atoms with E-state index in [-0.39, 0.29) is 0 Å². The van der Waals surface area contributed by atoms with E-state index in [9.17, 15) is 0 Å². The Labute approximate surface area is 106 Å². The van der Waals surface area contributed by atoms with E-state index in [4.69, 9.17) is 0 Å². The van der Waals surface area contributed by atoms with Crippen molar-refractivity contribution in [1.29, 1.82) is 0 Å². The van der Waals surface area contributed by atoms with Gasteiger partial charge in [0, 0.05) is 23.2 Å². The molecule has 92 valence electrons. The minimum absolute atomic E-state index is 0.768. The molecular weight excluding hydrogens is 232 g/mol. The summed E-state index contributed by atoms with van der Waals surface area (Å²) >= 11 is 1.75. The molecule has 0 aliphatic heterocycles. The van der Waals surface area contributed by atoms with E-state index in [0.29, 0.717) is 0 Å². The first-order chi connectivity index (χ1) is 8.10. The van der Waals surface area contributed by atoms with Crippen molar-refractivity contribution in [3.8, 4) is 0 Å². The normalized spacial score (nSPS) is 11.1. The van der Waals surface area contributed by atoms with E-state index < -0.39 is 0 Å². The van der Waals surface area contributed by atoms with Crippen molar-refractivity contribution < 1.29 is 0 Å². The van der Waals surface area contributed by atoms with Gasteiger partial charge in [0.1, 0.15) is 5.01 Å². The van der Waals surface area contributed by atoms with E-state index in [1.165, 1.54) is 10.4 Å². The molecule has 0 bridgehead atoms. The molecule has 0 saturated heterocycles. The minimum Gasteiger partial charge on any atom is -0.316 e. The third-order valence-corrected chi connectivity index (χ3v) is 3.84. The van der Waals surface area contributed by atoms with E-state index in [2.05, 4.69) is 35.4 Å². The Kier molecular flexibility index (Phi) is 3.59. The Morgan fingerprint density at radius 1 is 1.29 bits per heavy atom. The number of hydrogen-bond donors (Lipinski definition) is 1. The zero-order valence-corrected chi connectivity index (χ0v) is 11.6. The predicted octanol–water partition coefficient (Wildman–Crippen LogP) is 2.03. The molecule has 0 saturated carbocycles. The molecule has 0 radical (unpaired) electrons. The summed E-state index contributed by atoms with van der Waals surface area (Å²) < 4.78 is 1.97. The number of aromatic nitrogens is 3. The highest BCUT2D eigenvalue weighted by Gasteiger charge is 2.07. The molecule has 2 heterocycles. The molecule has 0 aliphatic carbocycles. The molecule has 2 rings (SSSR count). The van der Waals surface area contributed by atoms with Gasteiger partial charge in [0.05, 0.1) is 17.9 Å². The number of thiazole rings is 1. The zero-order chi connectivity index (χ0) is 12.4. The first-order valence-corrected chi connectivity index (χ1v) is 6.52. The Morgan fingerprint density at radius 2 is 2.06 bits per heavy atom. The van der Waals surface area contributed by atoms with Crippen molar-refractivity contribution in [2.75, 3.05) is 7.05 Å². The number of hydrogen-bond acceptors (Lipinski definition) is 4. The molecule has 0 atom stereocenters. The van der Waals surface area contributed by atoms with E-state index in [1.807, 2.05) is 18.7 Å². The fourth-order valence-electron chi connectivity index (χ4n) is 1.75. The number of nitrogens with zero attached hydrogens (tertiary/aromatic N) is 3. The molecule has 1 N–H and O–H groups in total. The second-order valence-corrected chi connectivity index (χ2v) is 5.50. The highest BCUT2D eigenvalue weighted by molar-refractivity contribution is 7.11. The van der Waals surface area contributed by atoms with Crippen molar-refractivity contribution in [2.45, 2.75) is 33.9 Å². The third-order valence-electron chi connectivity index (χ3n) is 2.79. The fraction of sp³-hybridized carbons (Fsp3) is 0.500. The topological polar surface area (TPSA) is 42.7 Å². The lowest BCUT2D eigenvalue weighted by Crippen LogP contribution is -2.05. The van der Waals surface area contributed by atoms with Crippen molar-refractivity contribution in [2.24, 2.45) is 0 Å². The molecule has 4 nitrogen and oxygen atoms in total. The van der Waals surface area contributed by atoms with Gasteiger partial charge in [0.25, 0.3) is 0 Å². The van der Waals surface area contributed by atoms with Gasteiger partial charge in [0.2, 0.25) is 0 Å². The van der Waals surface area contributed by atoms with Gasteiger partial charge in [-0.1, -0.05) is 0 Å². The Hall–Kier alpha value is -1.20. The van der Waals surface area contributed by atoms with Crippen LogP contribution in [-0.2, 0) is 13.1 Å². The maximum absolute atomic E-state index is 4.53. The van der Waals surface area contributed by atoms with Crippen LogP contribution >= 0.6 is 11.3 Å². The molecule has 0 spiro atoms. The Morgan fingerprint density at radius 3 is 2.65 bits per heavy atom. The fourth-order valence-corrected chi connectivity index (χ4v) is 2.68. The van der Waals surface area contributed by atoms with Crippen molar-refractivity contribution >= 4 is 11.3 Å². The van der Waals surface area contributed by atoms with Crippen LogP contribution in [0.25, 0.3) is 0 Å². The van der Waals surface area contributed by atoms with Crippen LogP contribution in [0.2, 0.25) is 0 Å². The third kappa shape index (κ3) is 2.73. The number of aryl methyl sites for hydroxylation is 3. The SMILES string of the molecule is CNCc1cn(Cc2nc(C)c(C)s2)nc1C. The van der Waals surface area contributed by atoms with Crippen LogP contribution in [0.4, 0.5) is 0 Å². The standard InChI is InChI=1S/C12H18N4S/c1-8-10(3)17-12(14-8)7-16-6-11(5-13-4)9(2)15-16/h6,13H,5,7H2,1-4H3. The number of rotatable bonds is 4. The first kappa shape index (κ1) is 12.3. The summed E-state index contributed by atoms with van der Waals surface area (Å²) in [5.41, 5.74) is 3.46. The summed E-state index contributed by atoms with van der Waals surface area (Å²) in [4.78, 5) is 5.82. The van der Waals surface area contributed by atoms with Crippen LogP contribution in [0.3, 0.4) is 0 Å². The molecule has 0 fully saturated rings. The Balaban J connectivity index is 2.15. The molecule has 0 unspecified atom stereocenters. The molecular formula is C12H18N4S. The summed E-state index contributed by atoms with van der Waals surface area (Å²) in [6.07, 6.45) is 2.10. The molecule has 0 aliphatic rings. The molecule has 17 heavy (non-hydrogen) atoms. The lowest BCUT2D eigenvalue weighted by molar-refractivity contribution is 0.674. The van der Waals surface area contributed by atoms with Gasteiger partial charge >= 0.3 is 0 Å². The van der Waals surface area contributed by atoms with Crippen LogP contribution in [0.15, 0.2) is 6.20 Å². The van der Waals surface area contributed by atoms with Gasteiger partial charge in [-0.25, -0.2) is 4.98 Å². The molecule has 2 aromatic rings. The largest absolute Gasteiger partial charge is 0.316 e. The molecule has 0 aromatic carbocycles. The van der Waals surface area contributed by atoms with Gasteiger partial charge in [-0.15, -0.1) is 11.3 Å². The van der Waals surface area contributed by atoms with Crippen LogP contribution in [0.5, 0.6) is 0 Å². The Bertz CT molecular complexity index is 493. The minimum atomic E-state index is 0.768. The van der Waals surface area contributed by atoms with Gasteiger partial charge < -0.3 is 5.32 Å². The lowest BCUT2D eigenvalue weighted by Gasteiger charge is -1.96. The van der Waals surface area contributed by atoms with Crippen molar-refractivity contribution in [3.05, 3.63) is 33.0 Å². The quantitative estimate of drug-likeness (QED) is 0.903. The number of nitrogens with one attached hydrogen (secondary N) is 1. The van der Waals surface area contributed by atoms with Crippen LogP contribution in [0, 0.1) is 20.8 Å². The van der Waals surface area contributed by atoms with E-state index in [1.54, 1.807) is 11.3 Å². The average molecular weight is 250 g/mol. The zero-order valence-electron chi connectivity index (χ0n) is 10.7. The predicted molar refractivity (Wildman–Crippen MR) is 70.4 cm³/mol. The summed E-state index contributed by atoms with van der Waals surface area (Å²) in [6, 6.07) is 0. The summed E-state index contributed by atoms with van der Waals surface area (Å²) in [6.45, 7) is 7.83. The highest BCUT2D eigenvalue weighted by atomic mass is 32.1. The van der Waals surface area contributed by atoms with E-state index >= 15 is 0 Å². The average Bonchev–Trinajstić information content (AvgIpc) is 2.73. The van der Waals surface area contributed by atoms with Gasteiger partial charge in [-0.3, -0.25) is 4.68 Å². The molecule has 2 aromatic heterocycles. The van der Waals surface area contributed by atoms with E-state index in [0.717, 1.165) is 29.5 Å². The van der Waals surface area contributed by atoms with Gasteiger partial charge in [-0.2, -0.15) is 5.10 Å². The second-order valence-electron chi connectivity index (χ2n) is 4.22. The van der Waals surface area contributed by atoms with Crippen LogP contribution < -0.4 is 5.32 Å². The summed E-state index contributed by atoms with van der Waals surface area (Å²) in [5.74, 6) is 0. The monoisotopic (exact) mass is 250 g/mol. The van der Waals surface area contributed by atoms with Crippen molar-refractivity contribution in [3.63, 3.8) is 0 Å². The summed E-state index contributed by atoms with van der Waals surface area (Å²) in [7, 11) is 1.95. The van der Waals surface area contributed by atoms with Crippen molar-refractivity contribution in [1.82, 2.24) is 20.1 Å². The summed E-state index contributed by atoms with van der Waals surface area (Å²) in [5, 5.41) is 8.78. The lowest BCUT2D eigenvalue weighted by atomic mass is 10.3. The first-order valence-electron chi connectivity index (χ1n) is 5.70. The van der Waals surface area contributed by atoms with Crippen LogP contribution in [0.1, 0.15) is 26.8 Å². The maximum atomic E-state index is 4.53. The maximum Gasteiger partial charge on any atom is 0.115 e. The smallest absolute Gasteiger partial charge is 0.115 e. The highest BCUT2D eigenvalue weighted by Crippen LogP contribution is 2.17. The van der Waals surface area contributed by atoms with Crippen LogP contribution in [-0.4, -0.2) is 21.8 Å². The molecule has 5 heteroatoms.